The Morgan fingerprint density at radius 2 is 1.92 bits per heavy atom. The van der Waals surface area contributed by atoms with Crippen molar-refractivity contribution in [1.82, 2.24) is 10.6 Å². The van der Waals surface area contributed by atoms with Gasteiger partial charge in [0.15, 0.2) is 5.22 Å². The smallest absolute Gasteiger partial charge is 0.416 e. The Kier molecular flexibility index (Phi) is 5.29. The second kappa shape index (κ2) is 7.32. The van der Waals surface area contributed by atoms with Crippen molar-refractivity contribution < 1.29 is 22.4 Å². The fourth-order valence-corrected chi connectivity index (χ4v) is 3.33. The zero-order chi connectivity index (χ0) is 18.9. The maximum Gasteiger partial charge on any atom is 0.416 e. The molecule has 1 saturated heterocycles. The third kappa shape index (κ3) is 4.04. The number of benzene rings is 1. The molecule has 1 aliphatic heterocycles. The highest BCUT2D eigenvalue weighted by atomic mass is 35.5. The van der Waals surface area contributed by atoms with E-state index in [1.165, 1.54) is 12.1 Å². The highest BCUT2D eigenvalue weighted by Crippen LogP contribution is 2.33. The molecule has 1 aromatic carbocycles. The van der Waals surface area contributed by atoms with Gasteiger partial charge in [0.25, 0.3) is 0 Å². The van der Waals surface area contributed by atoms with E-state index in [0.29, 0.717) is 24.4 Å². The molecule has 0 unspecified atom stereocenters. The molecule has 3 rings (SSSR count). The number of amides is 1. The van der Waals surface area contributed by atoms with Crippen LogP contribution in [-0.4, -0.2) is 19.0 Å². The van der Waals surface area contributed by atoms with Crippen LogP contribution in [0.3, 0.4) is 0 Å². The molecular formula is C18H18ClF3N2O2. The summed E-state index contributed by atoms with van der Waals surface area (Å²) in [5.74, 6) is -0.204. The van der Waals surface area contributed by atoms with Crippen LogP contribution in [0.5, 0.6) is 0 Å². The Morgan fingerprint density at radius 1 is 1.23 bits per heavy atom. The second-order valence-electron chi connectivity index (χ2n) is 6.36. The van der Waals surface area contributed by atoms with E-state index in [1.54, 1.807) is 19.1 Å². The summed E-state index contributed by atoms with van der Waals surface area (Å²) in [7, 11) is 0. The third-order valence-corrected chi connectivity index (χ3v) is 4.80. The van der Waals surface area contributed by atoms with Gasteiger partial charge in [-0.1, -0.05) is 12.1 Å². The van der Waals surface area contributed by atoms with E-state index in [4.69, 9.17) is 16.0 Å². The van der Waals surface area contributed by atoms with Gasteiger partial charge in [0.05, 0.1) is 17.5 Å². The van der Waals surface area contributed by atoms with Gasteiger partial charge in [-0.25, -0.2) is 0 Å². The number of halogens is 4. The summed E-state index contributed by atoms with van der Waals surface area (Å²) in [5, 5.41) is 6.25. The Hall–Kier alpha value is -1.99. The second-order valence-corrected chi connectivity index (χ2v) is 6.74. The summed E-state index contributed by atoms with van der Waals surface area (Å²) >= 11 is 5.75. The lowest BCUT2D eigenvalue weighted by molar-refractivity contribution is -0.137. The van der Waals surface area contributed by atoms with Crippen LogP contribution in [0, 0.1) is 5.92 Å². The van der Waals surface area contributed by atoms with Crippen molar-refractivity contribution >= 4 is 17.5 Å². The van der Waals surface area contributed by atoms with Gasteiger partial charge >= 0.3 is 6.18 Å². The van der Waals surface area contributed by atoms with Crippen LogP contribution in [0.2, 0.25) is 5.22 Å². The van der Waals surface area contributed by atoms with Crippen molar-refractivity contribution in [2.45, 2.75) is 25.1 Å². The van der Waals surface area contributed by atoms with Crippen LogP contribution in [-0.2, 0) is 11.0 Å². The summed E-state index contributed by atoms with van der Waals surface area (Å²) < 4.78 is 43.4. The van der Waals surface area contributed by atoms with Crippen LogP contribution in [0.4, 0.5) is 13.2 Å². The van der Waals surface area contributed by atoms with Gasteiger partial charge < -0.3 is 15.1 Å². The number of hydrogen-bond acceptors (Lipinski definition) is 3. The number of carbonyl (C=O) groups excluding carboxylic acids is 1. The summed E-state index contributed by atoms with van der Waals surface area (Å²) in [6.45, 7) is 2.77. The van der Waals surface area contributed by atoms with Crippen molar-refractivity contribution in [2.24, 2.45) is 5.92 Å². The minimum absolute atomic E-state index is 0.181. The molecule has 2 heterocycles. The molecule has 1 amide bonds. The van der Waals surface area contributed by atoms with E-state index in [1.807, 2.05) is 0 Å². The lowest BCUT2D eigenvalue weighted by Gasteiger charge is -2.21. The molecule has 0 spiro atoms. The molecule has 140 valence electrons. The van der Waals surface area contributed by atoms with Gasteiger partial charge in [0.1, 0.15) is 5.76 Å². The Balaban J connectivity index is 1.70. The Labute approximate surface area is 153 Å². The van der Waals surface area contributed by atoms with Crippen molar-refractivity contribution in [3.05, 3.63) is 58.5 Å². The fourth-order valence-electron chi connectivity index (χ4n) is 3.18. The largest absolute Gasteiger partial charge is 0.448 e. The number of alkyl halides is 3. The quantitative estimate of drug-likeness (QED) is 0.830. The average molecular weight is 387 g/mol. The van der Waals surface area contributed by atoms with Crippen LogP contribution < -0.4 is 10.6 Å². The van der Waals surface area contributed by atoms with E-state index in [9.17, 15) is 18.0 Å². The predicted molar refractivity (Wildman–Crippen MR) is 90.8 cm³/mol. The molecule has 8 heteroatoms. The Bertz CT molecular complexity index is 773. The van der Waals surface area contributed by atoms with Gasteiger partial charge in [-0.15, -0.1) is 0 Å². The first-order valence-corrected chi connectivity index (χ1v) is 8.57. The first kappa shape index (κ1) is 18.8. The molecule has 0 bridgehead atoms. The predicted octanol–water partition coefficient (Wildman–Crippen LogP) is 4.13. The highest BCUT2D eigenvalue weighted by molar-refractivity contribution is 6.28. The maximum absolute atomic E-state index is 12.7. The van der Waals surface area contributed by atoms with Crippen LogP contribution in [0.15, 0.2) is 40.8 Å². The lowest BCUT2D eigenvalue weighted by Crippen LogP contribution is -2.35. The molecule has 0 radical (unpaired) electrons. The van der Waals surface area contributed by atoms with Crippen molar-refractivity contribution in [3.8, 4) is 0 Å². The van der Waals surface area contributed by atoms with Gasteiger partial charge in [0, 0.05) is 19.0 Å². The van der Waals surface area contributed by atoms with E-state index in [2.05, 4.69) is 10.6 Å². The summed E-state index contributed by atoms with van der Waals surface area (Å²) in [5.41, 5.74) is 0.00775. The van der Waals surface area contributed by atoms with Crippen LogP contribution in [0.1, 0.15) is 35.8 Å². The van der Waals surface area contributed by atoms with Crippen LogP contribution >= 0.6 is 11.6 Å². The molecule has 26 heavy (non-hydrogen) atoms. The van der Waals surface area contributed by atoms with E-state index in [0.717, 1.165) is 12.1 Å². The monoisotopic (exact) mass is 386 g/mol. The lowest BCUT2D eigenvalue weighted by atomic mass is 9.87. The number of furan rings is 1. The fraction of sp³-hybridized carbons (Fsp3) is 0.389. The molecule has 2 N–H and O–H groups in total. The summed E-state index contributed by atoms with van der Waals surface area (Å²) in [6, 6.07) is 7.91. The first-order valence-electron chi connectivity index (χ1n) is 8.19. The van der Waals surface area contributed by atoms with Crippen molar-refractivity contribution in [3.63, 3.8) is 0 Å². The summed E-state index contributed by atoms with van der Waals surface area (Å²) in [6.07, 6.45) is -4.37. The molecule has 4 nitrogen and oxygen atoms in total. The molecular weight excluding hydrogens is 369 g/mol. The topological polar surface area (TPSA) is 54.3 Å². The molecule has 1 aromatic heterocycles. The molecule has 1 aliphatic rings. The average Bonchev–Trinajstić information content (AvgIpc) is 3.23. The first-order chi connectivity index (χ1) is 12.3. The number of hydrogen-bond donors (Lipinski definition) is 2. The minimum atomic E-state index is -4.37. The van der Waals surface area contributed by atoms with E-state index in [-0.39, 0.29) is 29.0 Å². The molecule has 0 saturated carbocycles. The SMILES string of the molecule is C[C@H](NC(=O)[C@@H]1CNC[C@H]1c1ccc(C(F)(F)F)cc1)c1ccc(Cl)o1. The third-order valence-electron chi connectivity index (χ3n) is 4.60. The van der Waals surface area contributed by atoms with Gasteiger partial charge in [-0.3, -0.25) is 4.79 Å². The van der Waals surface area contributed by atoms with Crippen molar-refractivity contribution in [2.75, 3.05) is 13.1 Å². The molecule has 0 aliphatic carbocycles. The van der Waals surface area contributed by atoms with Gasteiger partial charge in [-0.2, -0.15) is 13.2 Å². The molecule has 3 atom stereocenters. The zero-order valence-electron chi connectivity index (χ0n) is 13.9. The Morgan fingerprint density at radius 3 is 2.50 bits per heavy atom. The molecule has 2 aromatic rings. The standard InChI is InChI=1S/C18H18ClF3N2O2/c1-10(15-6-7-16(19)26-15)24-17(25)14-9-23-8-13(14)11-2-4-12(5-3-11)18(20,21)22/h2-7,10,13-14,23H,8-9H2,1H3,(H,24,25)/t10-,13-,14+/m0/s1. The maximum atomic E-state index is 12.7. The number of nitrogens with one attached hydrogen (secondary N) is 2. The van der Waals surface area contributed by atoms with E-state index >= 15 is 0 Å². The van der Waals surface area contributed by atoms with E-state index < -0.39 is 11.7 Å². The highest BCUT2D eigenvalue weighted by Gasteiger charge is 2.36. The van der Waals surface area contributed by atoms with Gasteiger partial charge in [-0.05, 0) is 48.4 Å². The zero-order valence-corrected chi connectivity index (χ0v) is 14.7. The normalized spacial score (nSPS) is 21.6. The summed E-state index contributed by atoms with van der Waals surface area (Å²) in [4.78, 5) is 12.6. The van der Waals surface area contributed by atoms with Crippen LogP contribution in [0.25, 0.3) is 0 Å². The number of rotatable bonds is 4. The van der Waals surface area contributed by atoms with Gasteiger partial charge in [0.2, 0.25) is 5.91 Å². The van der Waals surface area contributed by atoms with Crippen molar-refractivity contribution in [1.29, 1.82) is 0 Å². The number of carbonyl (C=O) groups is 1. The minimum Gasteiger partial charge on any atom is -0.448 e. The molecule has 1 fully saturated rings.